The van der Waals surface area contributed by atoms with Crippen molar-refractivity contribution in [1.29, 1.82) is 0 Å². The summed E-state index contributed by atoms with van der Waals surface area (Å²) in [6.45, 7) is 0. The summed E-state index contributed by atoms with van der Waals surface area (Å²) in [7, 11) is 0. The highest BCUT2D eigenvalue weighted by Gasteiger charge is 2.34. The molecule has 2 N–H and O–H groups in total. The molecular formula is C10H12N4O3. The zero-order valence-corrected chi connectivity index (χ0v) is 9.04. The highest BCUT2D eigenvalue weighted by molar-refractivity contribution is 5.91. The van der Waals surface area contributed by atoms with Gasteiger partial charge < -0.3 is 5.11 Å². The topological polar surface area (TPSA) is 105 Å². The van der Waals surface area contributed by atoms with E-state index in [9.17, 15) is 9.59 Å². The Morgan fingerprint density at radius 3 is 2.65 bits per heavy atom. The number of carbonyl (C=O) groups is 2. The van der Waals surface area contributed by atoms with Crippen molar-refractivity contribution >= 4 is 17.8 Å². The maximum atomic E-state index is 11.8. The van der Waals surface area contributed by atoms with Crippen molar-refractivity contribution in [3.05, 3.63) is 12.4 Å². The molecule has 0 aromatic carbocycles. The van der Waals surface area contributed by atoms with Crippen molar-refractivity contribution in [2.75, 3.05) is 5.32 Å². The first-order valence-corrected chi connectivity index (χ1v) is 5.34. The number of hydrogen-bond acceptors (Lipinski definition) is 5. The molecule has 1 fully saturated rings. The number of amides is 1. The lowest BCUT2D eigenvalue weighted by atomic mass is 10.0. The SMILES string of the molecule is O=C(O)[C@H]1CC[C@@H](C(=O)Nc2nccnn2)C1. The number of nitrogens with one attached hydrogen (secondary N) is 1. The van der Waals surface area contributed by atoms with Gasteiger partial charge in [-0.1, -0.05) is 0 Å². The summed E-state index contributed by atoms with van der Waals surface area (Å²) >= 11 is 0. The van der Waals surface area contributed by atoms with Gasteiger partial charge in [0.15, 0.2) is 0 Å². The molecule has 7 nitrogen and oxygen atoms in total. The lowest BCUT2D eigenvalue weighted by Crippen LogP contribution is -2.23. The van der Waals surface area contributed by atoms with Gasteiger partial charge in [0.25, 0.3) is 0 Å². The van der Waals surface area contributed by atoms with E-state index < -0.39 is 11.9 Å². The van der Waals surface area contributed by atoms with Gasteiger partial charge in [-0.05, 0) is 19.3 Å². The van der Waals surface area contributed by atoms with Crippen LogP contribution in [0.5, 0.6) is 0 Å². The molecule has 0 bridgehead atoms. The van der Waals surface area contributed by atoms with Crippen LogP contribution >= 0.6 is 0 Å². The molecule has 1 aliphatic carbocycles. The predicted molar refractivity (Wildman–Crippen MR) is 56.9 cm³/mol. The van der Waals surface area contributed by atoms with E-state index in [1.807, 2.05) is 0 Å². The Balaban J connectivity index is 1.92. The Bertz CT molecular complexity index is 423. The number of hydrogen-bond donors (Lipinski definition) is 2. The highest BCUT2D eigenvalue weighted by atomic mass is 16.4. The van der Waals surface area contributed by atoms with Crippen molar-refractivity contribution in [3.8, 4) is 0 Å². The van der Waals surface area contributed by atoms with E-state index >= 15 is 0 Å². The Kier molecular flexibility index (Phi) is 3.27. The van der Waals surface area contributed by atoms with E-state index in [1.54, 1.807) is 0 Å². The minimum absolute atomic E-state index is 0.149. The zero-order valence-electron chi connectivity index (χ0n) is 9.04. The normalized spacial score (nSPS) is 23.3. The Hall–Kier alpha value is -2.05. The fourth-order valence-corrected chi connectivity index (χ4v) is 1.96. The number of rotatable bonds is 3. The molecular weight excluding hydrogens is 224 g/mol. The van der Waals surface area contributed by atoms with Gasteiger partial charge in [0.2, 0.25) is 11.9 Å². The second-order valence-corrected chi connectivity index (χ2v) is 4.00. The largest absolute Gasteiger partial charge is 0.481 e. The van der Waals surface area contributed by atoms with Gasteiger partial charge in [-0.3, -0.25) is 14.9 Å². The van der Waals surface area contributed by atoms with Crippen LogP contribution in [0.3, 0.4) is 0 Å². The van der Waals surface area contributed by atoms with Crippen LogP contribution in [0.25, 0.3) is 0 Å². The van der Waals surface area contributed by atoms with Crippen molar-refractivity contribution in [1.82, 2.24) is 15.2 Å². The van der Waals surface area contributed by atoms with Crippen molar-refractivity contribution < 1.29 is 14.7 Å². The van der Waals surface area contributed by atoms with E-state index in [2.05, 4.69) is 20.5 Å². The third kappa shape index (κ3) is 2.74. The lowest BCUT2D eigenvalue weighted by Gasteiger charge is -2.08. The van der Waals surface area contributed by atoms with Gasteiger partial charge in [0, 0.05) is 5.92 Å². The summed E-state index contributed by atoms with van der Waals surface area (Å²) in [4.78, 5) is 26.4. The van der Waals surface area contributed by atoms with Crippen LogP contribution in [0.4, 0.5) is 5.95 Å². The Labute approximate surface area is 97.3 Å². The molecule has 0 spiro atoms. The van der Waals surface area contributed by atoms with Crippen LogP contribution in [0.2, 0.25) is 0 Å². The minimum Gasteiger partial charge on any atom is -0.481 e. The molecule has 0 radical (unpaired) electrons. The molecule has 1 amide bonds. The smallest absolute Gasteiger partial charge is 0.306 e. The van der Waals surface area contributed by atoms with Crippen LogP contribution < -0.4 is 5.32 Å². The molecule has 0 aliphatic heterocycles. The van der Waals surface area contributed by atoms with E-state index in [0.717, 1.165) is 0 Å². The highest BCUT2D eigenvalue weighted by Crippen LogP contribution is 2.31. The van der Waals surface area contributed by atoms with Gasteiger partial charge in [-0.15, -0.1) is 5.10 Å². The summed E-state index contributed by atoms with van der Waals surface area (Å²) in [5, 5.41) is 18.6. The average molecular weight is 236 g/mol. The van der Waals surface area contributed by atoms with Crippen molar-refractivity contribution in [2.45, 2.75) is 19.3 Å². The maximum Gasteiger partial charge on any atom is 0.306 e. The first kappa shape index (κ1) is 11.4. The van der Waals surface area contributed by atoms with Crippen molar-refractivity contribution in [3.63, 3.8) is 0 Å². The van der Waals surface area contributed by atoms with E-state index in [4.69, 9.17) is 5.11 Å². The molecule has 1 aromatic rings. The molecule has 90 valence electrons. The number of carbonyl (C=O) groups excluding carboxylic acids is 1. The molecule has 2 rings (SSSR count). The summed E-state index contributed by atoms with van der Waals surface area (Å²) in [5.41, 5.74) is 0. The first-order chi connectivity index (χ1) is 8.16. The molecule has 1 saturated carbocycles. The summed E-state index contributed by atoms with van der Waals surface area (Å²) < 4.78 is 0. The van der Waals surface area contributed by atoms with E-state index in [0.29, 0.717) is 19.3 Å². The van der Waals surface area contributed by atoms with Crippen LogP contribution in [0.15, 0.2) is 12.4 Å². The van der Waals surface area contributed by atoms with Gasteiger partial charge in [-0.25, -0.2) is 4.98 Å². The summed E-state index contributed by atoms with van der Waals surface area (Å²) in [6, 6.07) is 0. The molecule has 0 unspecified atom stereocenters. The summed E-state index contributed by atoms with van der Waals surface area (Å²) in [6.07, 6.45) is 4.34. The molecule has 0 saturated heterocycles. The maximum absolute atomic E-state index is 11.8. The number of nitrogens with zero attached hydrogens (tertiary/aromatic N) is 3. The quantitative estimate of drug-likeness (QED) is 0.782. The van der Waals surface area contributed by atoms with E-state index in [-0.39, 0.29) is 17.8 Å². The van der Waals surface area contributed by atoms with Crippen LogP contribution in [0, 0.1) is 11.8 Å². The van der Waals surface area contributed by atoms with Crippen LogP contribution in [0.1, 0.15) is 19.3 Å². The standard InChI is InChI=1S/C10H12N4O3/c15-8(13-10-11-3-4-12-14-10)6-1-2-7(5-6)9(16)17/h3-4,6-7H,1-2,5H2,(H,16,17)(H,11,13,14,15)/t6-,7+/m1/s1. The van der Waals surface area contributed by atoms with Crippen LogP contribution in [-0.2, 0) is 9.59 Å². The third-order valence-corrected chi connectivity index (χ3v) is 2.87. The average Bonchev–Trinajstić information content (AvgIpc) is 2.79. The van der Waals surface area contributed by atoms with Gasteiger partial charge in [0.05, 0.1) is 18.3 Å². The minimum atomic E-state index is -0.835. The molecule has 17 heavy (non-hydrogen) atoms. The number of carboxylic acid groups (broad SMARTS) is 1. The zero-order chi connectivity index (χ0) is 12.3. The lowest BCUT2D eigenvalue weighted by molar-refractivity contribution is -0.141. The Morgan fingerprint density at radius 2 is 2.06 bits per heavy atom. The fourth-order valence-electron chi connectivity index (χ4n) is 1.96. The Morgan fingerprint density at radius 1 is 1.29 bits per heavy atom. The van der Waals surface area contributed by atoms with E-state index in [1.165, 1.54) is 12.4 Å². The molecule has 1 heterocycles. The van der Waals surface area contributed by atoms with Gasteiger partial charge >= 0.3 is 5.97 Å². The summed E-state index contributed by atoms with van der Waals surface area (Å²) in [5.74, 6) is -1.61. The predicted octanol–water partition coefficient (Wildman–Crippen LogP) is 0.311. The monoisotopic (exact) mass is 236 g/mol. The number of carboxylic acids is 1. The van der Waals surface area contributed by atoms with Crippen molar-refractivity contribution in [2.24, 2.45) is 11.8 Å². The first-order valence-electron chi connectivity index (χ1n) is 5.34. The number of aromatic nitrogens is 3. The van der Waals surface area contributed by atoms with Gasteiger partial charge in [-0.2, -0.15) is 5.10 Å². The van der Waals surface area contributed by atoms with Crippen LogP contribution in [-0.4, -0.2) is 32.2 Å². The molecule has 1 aliphatic rings. The number of aliphatic carboxylic acids is 1. The molecule has 2 atom stereocenters. The second-order valence-electron chi connectivity index (χ2n) is 4.00. The number of anilines is 1. The molecule has 1 aromatic heterocycles. The molecule has 7 heteroatoms. The fraction of sp³-hybridized carbons (Fsp3) is 0.500. The van der Waals surface area contributed by atoms with Gasteiger partial charge in [0.1, 0.15) is 0 Å². The third-order valence-electron chi connectivity index (χ3n) is 2.87. The second kappa shape index (κ2) is 4.86.